The summed E-state index contributed by atoms with van der Waals surface area (Å²) in [6, 6.07) is 16.5. The lowest BCUT2D eigenvalue weighted by molar-refractivity contribution is 0.306. The lowest BCUT2D eigenvalue weighted by atomic mass is 10.2. The Kier molecular flexibility index (Phi) is 6.67. The number of hydrogen-bond acceptors (Lipinski definition) is 2. The molecule has 0 aliphatic heterocycles. The lowest BCUT2D eigenvalue weighted by Crippen LogP contribution is -1.98. The molecule has 0 fully saturated rings. The van der Waals surface area contributed by atoms with Gasteiger partial charge in [-0.1, -0.05) is 70.7 Å². The van der Waals surface area contributed by atoms with Crippen molar-refractivity contribution in [1.82, 2.24) is 0 Å². The zero-order chi connectivity index (χ0) is 19.4. The zero-order valence-electron chi connectivity index (χ0n) is 14.3. The number of rotatable bonds is 5. The van der Waals surface area contributed by atoms with E-state index in [1.807, 2.05) is 43.3 Å². The van der Waals surface area contributed by atoms with Gasteiger partial charge in [-0.05, 0) is 48.4 Å². The van der Waals surface area contributed by atoms with Gasteiger partial charge >= 0.3 is 0 Å². The normalized spacial score (nSPS) is 11.1. The van der Waals surface area contributed by atoms with Gasteiger partial charge in [0.15, 0.2) is 5.75 Å². The van der Waals surface area contributed by atoms with Gasteiger partial charge in [0.1, 0.15) is 6.61 Å². The van der Waals surface area contributed by atoms with Crippen molar-refractivity contribution in [2.24, 2.45) is 4.99 Å². The third-order valence-corrected chi connectivity index (χ3v) is 5.28. The topological polar surface area (TPSA) is 21.6 Å². The molecule has 0 spiro atoms. The number of benzene rings is 3. The standard InChI is InChI=1S/C21H15Cl4NO/c1-13-16(22)7-4-8-20(13)26-11-14-9-18(24)21(19(25)10-14)27-12-15-5-2-3-6-17(15)23/h2-11H,12H2,1H3. The Labute approximate surface area is 178 Å². The van der Waals surface area contributed by atoms with Gasteiger partial charge in [-0.15, -0.1) is 0 Å². The maximum Gasteiger partial charge on any atom is 0.157 e. The van der Waals surface area contributed by atoms with Crippen LogP contribution >= 0.6 is 46.4 Å². The second-order valence-corrected chi connectivity index (χ2v) is 7.46. The van der Waals surface area contributed by atoms with Crippen LogP contribution in [0.1, 0.15) is 16.7 Å². The van der Waals surface area contributed by atoms with E-state index in [1.54, 1.807) is 24.4 Å². The number of nitrogens with zero attached hydrogens (tertiary/aromatic N) is 1. The quantitative estimate of drug-likeness (QED) is 0.370. The highest BCUT2D eigenvalue weighted by Gasteiger charge is 2.11. The van der Waals surface area contributed by atoms with Crippen molar-refractivity contribution in [3.63, 3.8) is 0 Å². The van der Waals surface area contributed by atoms with Gasteiger partial charge in [-0.25, -0.2) is 0 Å². The summed E-state index contributed by atoms with van der Waals surface area (Å²) in [4.78, 5) is 4.47. The van der Waals surface area contributed by atoms with Gasteiger partial charge in [-0.2, -0.15) is 0 Å². The van der Waals surface area contributed by atoms with Crippen LogP contribution in [-0.2, 0) is 6.61 Å². The molecule has 2 nitrogen and oxygen atoms in total. The van der Waals surface area contributed by atoms with Crippen LogP contribution in [0.5, 0.6) is 5.75 Å². The van der Waals surface area contributed by atoms with E-state index in [0.29, 0.717) is 25.8 Å². The molecule has 0 unspecified atom stereocenters. The highest BCUT2D eigenvalue weighted by molar-refractivity contribution is 6.37. The predicted molar refractivity (Wildman–Crippen MR) is 116 cm³/mol. The first-order chi connectivity index (χ1) is 13.0. The van der Waals surface area contributed by atoms with Gasteiger partial charge in [-0.3, -0.25) is 4.99 Å². The van der Waals surface area contributed by atoms with Crippen LogP contribution in [-0.4, -0.2) is 6.21 Å². The van der Waals surface area contributed by atoms with Gasteiger partial charge < -0.3 is 4.74 Å². The average Bonchev–Trinajstić information content (AvgIpc) is 2.63. The van der Waals surface area contributed by atoms with Crippen LogP contribution in [0.2, 0.25) is 20.1 Å². The maximum absolute atomic E-state index is 6.35. The van der Waals surface area contributed by atoms with Crippen LogP contribution in [0.3, 0.4) is 0 Å². The second kappa shape index (κ2) is 8.99. The molecule has 0 aromatic heterocycles. The highest BCUT2D eigenvalue weighted by atomic mass is 35.5. The van der Waals surface area contributed by atoms with Crippen molar-refractivity contribution >= 4 is 58.3 Å². The van der Waals surface area contributed by atoms with E-state index in [0.717, 1.165) is 22.4 Å². The van der Waals surface area contributed by atoms with Crippen LogP contribution in [0, 0.1) is 6.92 Å². The fourth-order valence-electron chi connectivity index (χ4n) is 2.44. The Bertz CT molecular complexity index is 978. The first-order valence-corrected chi connectivity index (χ1v) is 9.61. The molecule has 0 heterocycles. The molecule has 0 saturated heterocycles. The van der Waals surface area contributed by atoms with Gasteiger partial charge in [0.05, 0.1) is 15.7 Å². The summed E-state index contributed by atoms with van der Waals surface area (Å²) in [7, 11) is 0. The molecule has 3 rings (SSSR count). The molecule has 0 aliphatic rings. The Hall–Kier alpha value is -1.71. The first-order valence-electron chi connectivity index (χ1n) is 8.10. The van der Waals surface area contributed by atoms with Crippen molar-refractivity contribution in [2.45, 2.75) is 13.5 Å². The van der Waals surface area contributed by atoms with Crippen LogP contribution in [0.15, 0.2) is 59.6 Å². The number of halogens is 4. The van der Waals surface area contributed by atoms with E-state index >= 15 is 0 Å². The van der Waals surface area contributed by atoms with Gasteiger partial charge in [0.2, 0.25) is 0 Å². The summed E-state index contributed by atoms with van der Waals surface area (Å²) in [5.41, 5.74) is 3.31. The Morgan fingerprint density at radius 2 is 1.52 bits per heavy atom. The van der Waals surface area contributed by atoms with Crippen molar-refractivity contribution < 1.29 is 4.74 Å². The fourth-order valence-corrected chi connectivity index (χ4v) is 3.41. The molecule has 27 heavy (non-hydrogen) atoms. The van der Waals surface area contributed by atoms with Crippen molar-refractivity contribution in [2.75, 3.05) is 0 Å². The molecule has 0 atom stereocenters. The molecule has 6 heteroatoms. The Morgan fingerprint density at radius 1 is 0.852 bits per heavy atom. The van der Waals surface area contributed by atoms with Crippen molar-refractivity contribution in [3.05, 3.63) is 91.4 Å². The smallest absolute Gasteiger partial charge is 0.157 e. The van der Waals surface area contributed by atoms with Crippen LogP contribution < -0.4 is 4.74 Å². The van der Waals surface area contributed by atoms with E-state index in [-0.39, 0.29) is 6.61 Å². The minimum Gasteiger partial charge on any atom is -0.486 e. The summed E-state index contributed by atoms with van der Waals surface area (Å²) in [6.45, 7) is 2.19. The summed E-state index contributed by atoms with van der Waals surface area (Å²) in [5, 5.41) is 2.10. The minimum atomic E-state index is 0.272. The van der Waals surface area contributed by atoms with Gasteiger partial charge in [0.25, 0.3) is 0 Å². The molecule has 0 saturated carbocycles. The molecule has 138 valence electrons. The molecule has 0 N–H and O–H groups in total. The molecule has 0 aliphatic carbocycles. The Morgan fingerprint density at radius 3 is 2.22 bits per heavy atom. The molecular formula is C21H15Cl4NO. The van der Waals surface area contributed by atoms with E-state index < -0.39 is 0 Å². The van der Waals surface area contributed by atoms with E-state index in [9.17, 15) is 0 Å². The molecule has 3 aromatic carbocycles. The highest BCUT2D eigenvalue weighted by Crippen LogP contribution is 2.35. The number of ether oxygens (including phenoxy) is 1. The van der Waals surface area contributed by atoms with Crippen molar-refractivity contribution in [3.8, 4) is 5.75 Å². The SMILES string of the molecule is Cc1c(Cl)cccc1N=Cc1cc(Cl)c(OCc2ccccc2Cl)c(Cl)c1. The predicted octanol–water partition coefficient (Wildman–Crippen LogP) is 7.94. The Balaban J connectivity index is 1.79. The average molecular weight is 439 g/mol. The summed E-state index contributed by atoms with van der Waals surface area (Å²) < 4.78 is 5.78. The molecular weight excluding hydrogens is 424 g/mol. The second-order valence-electron chi connectivity index (χ2n) is 5.84. The first kappa shape index (κ1) is 20.0. The minimum absolute atomic E-state index is 0.272. The largest absolute Gasteiger partial charge is 0.486 e. The van der Waals surface area contributed by atoms with Gasteiger partial charge in [0, 0.05) is 21.8 Å². The molecule has 0 radical (unpaired) electrons. The van der Waals surface area contributed by atoms with E-state index in [1.165, 1.54) is 0 Å². The molecule has 0 amide bonds. The summed E-state index contributed by atoms with van der Waals surface area (Å²) >= 11 is 25.0. The maximum atomic E-state index is 6.35. The molecule has 0 bridgehead atoms. The summed E-state index contributed by atoms with van der Waals surface area (Å²) in [5.74, 6) is 0.411. The van der Waals surface area contributed by atoms with E-state index in [2.05, 4.69) is 4.99 Å². The van der Waals surface area contributed by atoms with Crippen LogP contribution in [0.4, 0.5) is 5.69 Å². The third-order valence-electron chi connectivity index (χ3n) is 3.94. The van der Waals surface area contributed by atoms with E-state index in [4.69, 9.17) is 51.1 Å². The lowest BCUT2D eigenvalue weighted by Gasteiger charge is -2.11. The van der Waals surface area contributed by atoms with Crippen LogP contribution in [0.25, 0.3) is 0 Å². The number of hydrogen-bond donors (Lipinski definition) is 0. The fraction of sp³-hybridized carbons (Fsp3) is 0.0952. The zero-order valence-corrected chi connectivity index (χ0v) is 17.4. The summed E-state index contributed by atoms with van der Waals surface area (Å²) in [6.07, 6.45) is 1.69. The monoisotopic (exact) mass is 437 g/mol. The molecule has 3 aromatic rings. The third kappa shape index (κ3) is 4.97. The van der Waals surface area contributed by atoms with Crippen molar-refractivity contribution in [1.29, 1.82) is 0 Å². The number of aliphatic imine (C=N–C) groups is 1.